The Hall–Kier alpha value is -1.16. The van der Waals surface area contributed by atoms with E-state index in [9.17, 15) is 16.8 Å². The molecule has 7 nitrogen and oxygen atoms in total. The lowest BCUT2D eigenvalue weighted by atomic mass is 10.3. The van der Waals surface area contributed by atoms with Gasteiger partial charge in [-0.05, 0) is 30.7 Å². The molecule has 1 aliphatic heterocycles. The van der Waals surface area contributed by atoms with Crippen LogP contribution >= 0.6 is 0 Å². The van der Waals surface area contributed by atoms with Gasteiger partial charge in [0.25, 0.3) is 0 Å². The average Bonchev–Trinajstić information content (AvgIpc) is 2.78. The molecule has 1 aromatic carbocycles. The Morgan fingerprint density at radius 3 is 2.45 bits per heavy atom. The van der Waals surface area contributed by atoms with E-state index in [0.29, 0.717) is 25.4 Å². The molecule has 124 valence electrons. The number of rotatable bonds is 7. The second-order valence-electron chi connectivity index (χ2n) is 5.03. The summed E-state index contributed by atoms with van der Waals surface area (Å²) in [5, 5.41) is 0. The van der Waals surface area contributed by atoms with Gasteiger partial charge in [-0.2, -0.15) is 0 Å². The smallest absolute Gasteiger partial charge is 0.240 e. The number of hydrogen-bond donors (Lipinski definition) is 1. The van der Waals surface area contributed by atoms with Crippen LogP contribution in [0.3, 0.4) is 0 Å². The van der Waals surface area contributed by atoms with Crippen molar-refractivity contribution in [2.45, 2.75) is 17.4 Å². The largest absolute Gasteiger partial charge is 0.491 e. The molecular formula is C13H19NO6S2. The molecule has 1 saturated heterocycles. The van der Waals surface area contributed by atoms with Crippen molar-refractivity contribution in [2.75, 3.05) is 31.8 Å². The number of methoxy groups -OCH3 is 1. The molecule has 0 saturated carbocycles. The summed E-state index contributed by atoms with van der Waals surface area (Å²) in [6.07, 6.45) is 0.305. The fraction of sp³-hybridized carbons (Fsp3) is 0.538. The number of benzene rings is 1. The molecule has 0 amide bonds. The number of sulfone groups is 1. The van der Waals surface area contributed by atoms with Gasteiger partial charge in [-0.1, -0.05) is 0 Å². The van der Waals surface area contributed by atoms with Gasteiger partial charge in [0.2, 0.25) is 10.0 Å². The van der Waals surface area contributed by atoms with Crippen LogP contribution in [-0.2, 0) is 24.6 Å². The van der Waals surface area contributed by atoms with Crippen molar-refractivity contribution in [1.82, 2.24) is 4.72 Å². The molecule has 1 fully saturated rings. The molecule has 0 bridgehead atoms. The minimum atomic E-state index is -3.73. The molecule has 1 N–H and O–H groups in total. The molecule has 0 aromatic heterocycles. The van der Waals surface area contributed by atoms with E-state index in [0.717, 1.165) is 0 Å². The van der Waals surface area contributed by atoms with E-state index < -0.39 is 25.9 Å². The zero-order valence-corrected chi connectivity index (χ0v) is 13.8. The van der Waals surface area contributed by atoms with E-state index in [1.165, 1.54) is 12.1 Å². The fourth-order valence-electron chi connectivity index (χ4n) is 2.13. The first-order valence-corrected chi connectivity index (χ1v) is 10.1. The lowest BCUT2D eigenvalue weighted by Gasteiger charge is -2.12. The Morgan fingerprint density at radius 1 is 1.23 bits per heavy atom. The molecular weight excluding hydrogens is 330 g/mol. The van der Waals surface area contributed by atoms with Gasteiger partial charge >= 0.3 is 0 Å². The summed E-state index contributed by atoms with van der Waals surface area (Å²) >= 11 is 0. The maximum Gasteiger partial charge on any atom is 0.240 e. The van der Waals surface area contributed by atoms with E-state index in [2.05, 4.69) is 4.72 Å². The summed E-state index contributed by atoms with van der Waals surface area (Å²) in [6, 6.07) is 5.39. The second-order valence-corrected chi connectivity index (χ2v) is 8.98. The Bertz CT molecular complexity index is 697. The molecule has 9 heteroatoms. The van der Waals surface area contributed by atoms with Crippen molar-refractivity contribution in [3.05, 3.63) is 24.3 Å². The molecule has 1 atom stereocenters. The van der Waals surface area contributed by atoms with E-state index in [4.69, 9.17) is 9.47 Å². The monoisotopic (exact) mass is 349 g/mol. The number of ether oxygens (including phenoxy) is 2. The summed E-state index contributed by atoms with van der Waals surface area (Å²) in [5.41, 5.74) is 0. The van der Waals surface area contributed by atoms with Gasteiger partial charge in [-0.15, -0.1) is 0 Å². The van der Waals surface area contributed by atoms with Crippen molar-refractivity contribution in [3.63, 3.8) is 0 Å². The van der Waals surface area contributed by atoms with Crippen LogP contribution in [0.15, 0.2) is 29.2 Å². The van der Waals surface area contributed by atoms with Crippen LogP contribution in [0.4, 0.5) is 0 Å². The quantitative estimate of drug-likeness (QED) is 0.705. The molecule has 1 aliphatic rings. The predicted molar refractivity (Wildman–Crippen MR) is 81.2 cm³/mol. The highest BCUT2D eigenvalue weighted by Crippen LogP contribution is 2.18. The molecule has 22 heavy (non-hydrogen) atoms. The van der Waals surface area contributed by atoms with E-state index >= 15 is 0 Å². The van der Waals surface area contributed by atoms with Crippen LogP contribution in [0.1, 0.15) is 6.42 Å². The van der Waals surface area contributed by atoms with E-state index in [-0.39, 0.29) is 16.4 Å². The Kier molecular flexibility index (Phi) is 5.43. The van der Waals surface area contributed by atoms with Crippen molar-refractivity contribution in [1.29, 1.82) is 0 Å². The van der Waals surface area contributed by atoms with E-state index in [1.54, 1.807) is 19.2 Å². The van der Waals surface area contributed by atoms with Crippen molar-refractivity contribution < 1.29 is 26.3 Å². The molecule has 0 aliphatic carbocycles. The van der Waals surface area contributed by atoms with Crippen LogP contribution in [0, 0.1) is 0 Å². The van der Waals surface area contributed by atoms with Crippen molar-refractivity contribution in [2.24, 2.45) is 0 Å². The van der Waals surface area contributed by atoms with E-state index in [1.807, 2.05) is 0 Å². The van der Waals surface area contributed by atoms with Gasteiger partial charge in [0, 0.05) is 13.2 Å². The minimum Gasteiger partial charge on any atom is -0.491 e. The third kappa shape index (κ3) is 4.67. The molecule has 0 spiro atoms. The third-order valence-electron chi connectivity index (χ3n) is 3.24. The lowest BCUT2D eigenvalue weighted by molar-refractivity contribution is 0.146. The number of sulfonamides is 1. The maximum absolute atomic E-state index is 12.2. The van der Waals surface area contributed by atoms with Gasteiger partial charge in [0.05, 0.1) is 23.0 Å². The standard InChI is InChI=1S/C13H19NO6S2/c1-19-7-8-20-12-2-4-13(5-3-12)22(17,18)14-11-6-9-21(15,16)10-11/h2-5,11,14H,6-10H2,1H3. The van der Waals surface area contributed by atoms with Crippen molar-refractivity contribution >= 4 is 19.9 Å². The Morgan fingerprint density at radius 2 is 1.91 bits per heavy atom. The molecule has 1 heterocycles. The second kappa shape index (κ2) is 6.95. The van der Waals surface area contributed by atoms with Gasteiger partial charge in [-0.3, -0.25) is 0 Å². The molecule has 1 unspecified atom stereocenters. The van der Waals surface area contributed by atoms with Gasteiger partial charge in [0.1, 0.15) is 12.4 Å². The lowest BCUT2D eigenvalue weighted by Crippen LogP contribution is -2.35. The average molecular weight is 349 g/mol. The SMILES string of the molecule is COCCOc1ccc(S(=O)(=O)NC2CCS(=O)(=O)C2)cc1. The zero-order chi connectivity index (χ0) is 16.2. The fourth-order valence-corrected chi connectivity index (χ4v) is 5.18. The Balaban J connectivity index is 2.00. The first-order valence-electron chi connectivity index (χ1n) is 6.77. The van der Waals surface area contributed by atoms with Gasteiger partial charge in [0.15, 0.2) is 9.84 Å². The first kappa shape index (κ1) is 17.2. The first-order chi connectivity index (χ1) is 10.3. The third-order valence-corrected chi connectivity index (χ3v) is 6.55. The van der Waals surface area contributed by atoms with Crippen LogP contribution in [-0.4, -0.2) is 54.7 Å². The predicted octanol–water partition coefficient (Wildman–Crippen LogP) is 0.177. The van der Waals surface area contributed by atoms with Gasteiger partial charge in [-0.25, -0.2) is 21.6 Å². The maximum atomic E-state index is 12.2. The Labute approximate surface area is 130 Å². The molecule has 2 rings (SSSR count). The highest BCUT2D eigenvalue weighted by molar-refractivity contribution is 7.92. The van der Waals surface area contributed by atoms with Crippen LogP contribution in [0.25, 0.3) is 0 Å². The summed E-state index contributed by atoms with van der Waals surface area (Å²) in [5.74, 6) is 0.413. The summed E-state index contributed by atoms with van der Waals surface area (Å²) in [7, 11) is -5.30. The summed E-state index contributed by atoms with van der Waals surface area (Å²) < 4.78 is 59.8. The van der Waals surface area contributed by atoms with Gasteiger partial charge < -0.3 is 9.47 Å². The van der Waals surface area contributed by atoms with Crippen LogP contribution < -0.4 is 9.46 Å². The normalized spacial score (nSPS) is 20.9. The topological polar surface area (TPSA) is 98.8 Å². The highest BCUT2D eigenvalue weighted by Gasteiger charge is 2.31. The van der Waals surface area contributed by atoms with Crippen LogP contribution in [0.2, 0.25) is 0 Å². The summed E-state index contributed by atoms with van der Waals surface area (Å²) in [4.78, 5) is 0.0795. The molecule has 0 radical (unpaired) electrons. The zero-order valence-electron chi connectivity index (χ0n) is 12.2. The summed E-state index contributed by atoms with van der Waals surface area (Å²) in [6.45, 7) is 0.818. The van der Waals surface area contributed by atoms with Crippen LogP contribution in [0.5, 0.6) is 5.75 Å². The minimum absolute atomic E-state index is 0.0203. The highest BCUT2D eigenvalue weighted by atomic mass is 32.2. The molecule has 1 aromatic rings. The van der Waals surface area contributed by atoms with Crippen molar-refractivity contribution in [3.8, 4) is 5.75 Å². The number of nitrogens with one attached hydrogen (secondary N) is 1. The number of hydrogen-bond acceptors (Lipinski definition) is 6.